The van der Waals surface area contributed by atoms with Crippen LogP contribution in [-0.2, 0) is 6.61 Å². The van der Waals surface area contributed by atoms with Crippen LogP contribution in [0.1, 0.15) is 31.2 Å². The van der Waals surface area contributed by atoms with Gasteiger partial charge in [0.2, 0.25) is 0 Å². The monoisotopic (exact) mass is 349 g/mol. The zero-order valence-electron chi connectivity index (χ0n) is 14.7. The third kappa shape index (κ3) is 3.81. The molecule has 2 aromatic carbocycles. The molecule has 1 N–H and O–H groups in total. The third-order valence-corrected chi connectivity index (χ3v) is 4.84. The lowest BCUT2D eigenvalue weighted by molar-refractivity contribution is 0.00681. The number of hydrogen-bond donors (Lipinski definition) is 1. The molecule has 4 rings (SSSR count). The first-order valence-corrected chi connectivity index (χ1v) is 9.20. The summed E-state index contributed by atoms with van der Waals surface area (Å²) in [7, 11) is 0. The molecule has 0 spiro atoms. The summed E-state index contributed by atoms with van der Waals surface area (Å²) in [4.78, 5) is 4.42. The third-order valence-electron chi connectivity index (χ3n) is 4.84. The van der Waals surface area contributed by atoms with Crippen molar-refractivity contribution in [1.29, 1.82) is 0 Å². The van der Waals surface area contributed by atoms with Crippen LogP contribution in [0.15, 0.2) is 60.8 Å². The van der Waals surface area contributed by atoms with Crippen molar-refractivity contribution in [2.45, 2.75) is 44.5 Å². The Morgan fingerprint density at radius 2 is 1.85 bits per heavy atom. The van der Waals surface area contributed by atoms with Crippen LogP contribution in [-0.4, -0.2) is 22.3 Å². The van der Waals surface area contributed by atoms with Gasteiger partial charge in [0.15, 0.2) is 0 Å². The fourth-order valence-electron chi connectivity index (χ4n) is 3.45. The van der Waals surface area contributed by atoms with E-state index in [2.05, 4.69) is 4.98 Å². The van der Waals surface area contributed by atoms with Crippen molar-refractivity contribution >= 4 is 10.9 Å². The molecule has 0 saturated heterocycles. The standard InChI is InChI=1S/C22H23NO3/c24-19-10-1-2-11-20(19)26-18-9-3-6-16(14-18)15-25-21-12-4-7-17-8-5-13-23-22(17)21/h3-9,12-14,19-20,24H,1-2,10-11,15H2. The van der Waals surface area contributed by atoms with Gasteiger partial charge in [-0.1, -0.05) is 36.8 Å². The van der Waals surface area contributed by atoms with Gasteiger partial charge in [0.05, 0.1) is 6.10 Å². The first-order valence-electron chi connectivity index (χ1n) is 9.20. The summed E-state index contributed by atoms with van der Waals surface area (Å²) >= 11 is 0. The number of aromatic nitrogens is 1. The maximum Gasteiger partial charge on any atom is 0.146 e. The van der Waals surface area contributed by atoms with Crippen molar-refractivity contribution in [2.24, 2.45) is 0 Å². The fourth-order valence-corrected chi connectivity index (χ4v) is 3.45. The van der Waals surface area contributed by atoms with Crippen LogP contribution < -0.4 is 9.47 Å². The zero-order valence-corrected chi connectivity index (χ0v) is 14.7. The second-order valence-corrected chi connectivity index (χ2v) is 6.78. The predicted octanol–water partition coefficient (Wildman–Crippen LogP) is 4.50. The number of aliphatic hydroxyl groups excluding tert-OH is 1. The minimum absolute atomic E-state index is 0.109. The summed E-state index contributed by atoms with van der Waals surface area (Å²) in [5.74, 6) is 1.56. The van der Waals surface area contributed by atoms with E-state index < -0.39 is 0 Å². The molecule has 0 amide bonds. The van der Waals surface area contributed by atoms with Gasteiger partial charge < -0.3 is 14.6 Å². The maximum absolute atomic E-state index is 10.1. The zero-order chi connectivity index (χ0) is 17.8. The molecule has 4 heteroatoms. The van der Waals surface area contributed by atoms with E-state index in [9.17, 15) is 5.11 Å². The van der Waals surface area contributed by atoms with Crippen LogP contribution in [0.2, 0.25) is 0 Å². The molecule has 1 heterocycles. The predicted molar refractivity (Wildman–Crippen MR) is 101 cm³/mol. The topological polar surface area (TPSA) is 51.6 Å². The molecule has 2 atom stereocenters. The molecule has 1 aliphatic carbocycles. The lowest BCUT2D eigenvalue weighted by atomic mass is 9.95. The number of pyridine rings is 1. The van der Waals surface area contributed by atoms with Crippen molar-refractivity contribution in [2.75, 3.05) is 0 Å². The van der Waals surface area contributed by atoms with Crippen molar-refractivity contribution in [3.63, 3.8) is 0 Å². The second kappa shape index (κ2) is 7.75. The Bertz CT molecular complexity index is 875. The molecule has 2 unspecified atom stereocenters. The van der Waals surface area contributed by atoms with E-state index >= 15 is 0 Å². The van der Waals surface area contributed by atoms with Gasteiger partial charge in [0, 0.05) is 11.6 Å². The number of para-hydroxylation sites is 1. The molecule has 1 fully saturated rings. The Morgan fingerprint density at radius 1 is 1.00 bits per heavy atom. The SMILES string of the molecule is OC1CCCCC1Oc1cccc(COc2cccc3cccnc23)c1. The first kappa shape index (κ1) is 16.9. The highest BCUT2D eigenvalue weighted by Crippen LogP contribution is 2.26. The van der Waals surface area contributed by atoms with Gasteiger partial charge in [-0.3, -0.25) is 4.98 Å². The number of benzene rings is 2. The normalized spacial score (nSPS) is 20.0. The number of fused-ring (bicyclic) bond motifs is 1. The summed E-state index contributed by atoms with van der Waals surface area (Å²) in [5, 5.41) is 11.2. The van der Waals surface area contributed by atoms with E-state index in [1.807, 2.05) is 54.6 Å². The van der Waals surface area contributed by atoms with Gasteiger partial charge in [-0.05, 0) is 49.1 Å². The summed E-state index contributed by atoms with van der Waals surface area (Å²) in [5.41, 5.74) is 1.90. The highest BCUT2D eigenvalue weighted by Gasteiger charge is 2.24. The first-order chi connectivity index (χ1) is 12.8. The number of nitrogens with zero attached hydrogens (tertiary/aromatic N) is 1. The van der Waals surface area contributed by atoms with E-state index in [4.69, 9.17) is 9.47 Å². The highest BCUT2D eigenvalue weighted by atomic mass is 16.5. The molecule has 0 radical (unpaired) electrons. The smallest absolute Gasteiger partial charge is 0.146 e. The van der Waals surface area contributed by atoms with Crippen molar-refractivity contribution < 1.29 is 14.6 Å². The molecule has 3 aromatic rings. The van der Waals surface area contributed by atoms with Crippen LogP contribution in [0, 0.1) is 0 Å². The summed E-state index contributed by atoms with van der Waals surface area (Å²) in [6, 6.07) is 17.8. The van der Waals surface area contributed by atoms with Gasteiger partial charge in [0.1, 0.15) is 29.7 Å². The van der Waals surface area contributed by atoms with Gasteiger partial charge in [-0.2, -0.15) is 0 Å². The minimum atomic E-state index is -0.370. The number of hydrogen-bond acceptors (Lipinski definition) is 4. The van der Waals surface area contributed by atoms with Crippen molar-refractivity contribution in [1.82, 2.24) is 4.98 Å². The number of rotatable bonds is 5. The van der Waals surface area contributed by atoms with E-state index in [1.165, 1.54) is 0 Å². The Hall–Kier alpha value is -2.59. The van der Waals surface area contributed by atoms with Gasteiger partial charge in [-0.15, -0.1) is 0 Å². The molecule has 1 saturated carbocycles. The average molecular weight is 349 g/mol. The molecular weight excluding hydrogens is 326 g/mol. The average Bonchev–Trinajstić information content (AvgIpc) is 2.68. The quantitative estimate of drug-likeness (QED) is 0.737. The summed E-state index contributed by atoms with van der Waals surface area (Å²) in [6.45, 7) is 0.445. The van der Waals surface area contributed by atoms with Crippen LogP contribution in [0.25, 0.3) is 10.9 Å². The molecule has 26 heavy (non-hydrogen) atoms. The molecule has 0 aliphatic heterocycles. The fraction of sp³-hybridized carbons (Fsp3) is 0.318. The van der Waals surface area contributed by atoms with Crippen LogP contribution in [0.3, 0.4) is 0 Å². The van der Waals surface area contributed by atoms with Crippen LogP contribution >= 0.6 is 0 Å². The minimum Gasteiger partial charge on any atom is -0.488 e. The van der Waals surface area contributed by atoms with Crippen molar-refractivity contribution in [3.8, 4) is 11.5 Å². The van der Waals surface area contributed by atoms with Gasteiger partial charge >= 0.3 is 0 Å². The van der Waals surface area contributed by atoms with E-state index in [0.29, 0.717) is 6.61 Å². The molecule has 134 valence electrons. The number of ether oxygens (including phenoxy) is 2. The van der Waals surface area contributed by atoms with Crippen LogP contribution in [0.4, 0.5) is 0 Å². The summed E-state index contributed by atoms with van der Waals surface area (Å²) in [6.07, 6.45) is 5.21. The second-order valence-electron chi connectivity index (χ2n) is 6.78. The molecule has 1 aromatic heterocycles. The molecule has 4 nitrogen and oxygen atoms in total. The lowest BCUT2D eigenvalue weighted by Crippen LogP contribution is -2.34. The van der Waals surface area contributed by atoms with Crippen LogP contribution in [0.5, 0.6) is 11.5 Å². The van der Waals surface area contributed by atoms with E-state index in [0.717, 1.165) is 53.6 Å². The Kier molecular flexibility index (Phi) is 5.02. The van der Waals surface area contributed by atoms with Gasteiger partial charge in [0.25, 0.3) is 0 Å². The van der Waals surface area contributed by atoms with E-state index in [1.54, 1.807) is 6.20 Å². The molecule has 0 bridgehead atoms. The summed E-state index contributed by atoms with van der Waals surface area (Å²) < 4.78 is 12.0. The Labute approximate surface area is 153 Å². The van der Waals surface area contributed by atoms with Crippen molar-refractivity contribution in [3.05, 3.63) is 66.4 Å². The molecule has 1 aliphatic rings. The Balaban J connectivity index is 1.45. The van der Waals surface area contributed by atoms with Gasteiger partial charge in [-0.25, -0.2) is 0 Å². The van der Waals surface area contributed by atoms with E-state index in [-0.39, 0.29) is 12.2 Å². The largest absolute Gasteiger partial charge is 0.488 e. The number of aliphatic hydroxyl groups is 1. The maximum atomic E-state index is 10.1. The lowest BCUT2D eigenvalue weighted by Gasteiger charge is -2.28. The Morgan fingerprint density at radius 3 is 2.77 bits per heavy atom. The highest BCUT2D eigenvalue weighted by molar-refractivity contribution is 5.84. The molecular formula is C22H23NO3.